The largest absolute Gasteiger partial charge is 0.360 e. The highest BCUT2D eigenvalue weighted by Gasteiger charge is 2.00. The van der Waals surface area contributed by atoms with E-state index in [2.05, 4.69) is 10.1 Å². The Labute approximate surface area is 71.4 Å². The number of fused-ring (bicyclic) bond motifs is 1. The minimum atomic E-state index is 0.822. The molecule has 0 radical (unpaired) electrons. The van der Waals surface area contributed by atoms with Crippen molar-refractivity contribution < 1.29 is 4.52 Å². The van der Waals surface area contributed by atoms with Crippen LogP contribution in [0.3, 0.4) is 0 Å². The molecule has 2 heterocycles. The summed E-state index contributed by atoms with van der Waals surface area (Å²) in [7, 11) is 0. The van der Waals surface area contributed by atoms with Crippen molar-refractivity contribution in [3.05, 3.63) is 24.2 Å². The maximum absolute atomic E-state index is 4.92. The third kappa shape index (κ3) is 1.44. The molecular formula is C9H12N2O. The van der Waals surface area contributed by atoms with Gasteiger partial charge in [-0.15, -0.1) is 0 Å². The van der Waals surface area contributed by atoms with Crippen molar-refractivity contribution in [2.45, 2.75) is 20.8 Å². The molecule has 2 rings (SSSR count). The molecule has 0 atom stereocenters. The van der Waals surface area contributed by atoms with Gasteiger partial charge in [0.05, 0.1) is 5.39 Å². The van der Waals surface area contributed by atoms with E-state index < -0.39 is 0 Å². The van der Waals surface area contributed by atoms with Crippen molar-refractivity contribution in [1.82, 2.24) is 10.1 Å². The number of pyridine rings is 1. The first-order valence-corrected chi connectivity index (χ1v) is 4.04. The molecule has 0 aliphatic rings. The molecule has 0 unspecified atom stereocenters. The zero-order chi connectivity index (χ0) is 8.97. The average Bonchev–Trinajstić information content (AvgIpc) is 2.53. The van der Waals surface area contributed by atoms with Gasteiger partial charge in [0, 0.05) is 12.4 Å². The van der Waals surface area contributed by atoms with Crippen molar-refractivity contribution >= 4 is 10.9 Å². The summed E-state index contributed by atoms with van der Waals surface area (Å²) in [6.07, 6.45) is 3.45. The molecule has 0 fully saturated rings. The maximum Gasteiger partial charge on any atom is 0.143 e. The summed E-state index contributed by atoms with van der Waals surface area (Å²) in [4.78, 5) is 3.95. The SMILES string of the molecule is CC.Cc1onc2ccncc12. The first-order valence-electron chi connectivity index (χ1n) is 4.04. The van der Waals surface area contributed by atoms with Crippen LogP contribution in [0.4, 0.5) is 0 Å². The van der Waals surface area contributed by atoms with Crippen LogP contribution < -0.4 is 0 Å². The highest BCUT2D eigenvalue weighted by molar-refractivity contribution is 5.78. The monoisotopic (exact) mass is 164 g/mol. The number of aryl methyl sites for hydroxylation is 1. The van der Waals surface area contributed by atoms with Gasteiger partial charge in [-0.3, -0.25) is 4.98 Å². The van der Waals surface area contributed by atoms with Gasteiger partial charge < -0.3 is 4.52 Å². The van der Waals surface area contributed by atoms with Gasteiger partial charge in [0.15, 0.2) is 0 Å². The number of hydrogen-bond donors (Lipinski definition) is 0. The van der Waals surface area contributed by atoms with Crippen molar-refractivity contribution in [1.29, 1.82) is 0 Å². The summed E-state index contributed by atoms with van der Waals surface area (Å²) in [5.74, 6) is 0.822. The van der Waals surface area contributed by atoms with Crippen molar-refractivity contribution in [3.63, 3.8) is 0 Å². The molecule has 2 aromatic rings. The summed E-state index contributed by atoms with van der Waals surface area (Å²) in [5.41, 5.74) is 0.868. The van der Waals surface area contributed by atoms with E-state index in [1.165, 1.54) is 0 Å². The zero-order valence-electron chi connectivity index (χ0n) is 7.53. The van der Waals surface area contributed by atoms with E-state index >= 15 is 0 Å². The lowest BCUT2D eigenvalue weighted by Gasteiger charge is -1.81. The van der Waals surface area contributed by atoms with E-state index in [0.717, 1.165) is 16.7 Å². The molecule has 0 bridgehead atoms. The summed E-state index contributed by atoms with van der Waals surface area (Å²) in [5, 5.41) is 4.79. The average molecular weight is 164 g/mol. The lowest BCUT2D eigenvalue weighted by molar-refractivity contribution is 0.405. The number of nitrogens with zero attached hydrogens (tertiary/aromatic N) is 2. The Morgan fingerprint density at radius 2 is 2.08 bits per heavy atom. The van der Waals surface area contributed by atoms with E-state index in [4.69, 9.17) is 4.52 Å². The summed E-state index contributed by atoms with van der Waals surface area (Å²) in [6, 6.07) is 1.83. The molecule has 2 aromatic heterocycles. The third-order valence-electron chi connectivity index (χ3n) is 1.46. The topological polar surface area (TPSA) is 38.9 Å². The van der Waals surface area contributed by atoms with Crippen LogP contribution in [0.5, 0.6) is 0 Å². The first kappa shape index (κ1) is 8.71. The van der Waals surface area contributed by atoms with Gasteiger partial charge in [0.2, 0.25) is 0 Å². The predicted molar refractivity (Wildman–Crippen MR) is 47.9 cm³/mol. The maximum atomic E-state index is 4.92. The van der Waals surface area contributed by atoms with Crippen LogP contribution in [0.1, 0.15) is 19.6 Å². The van der Waals surface area contributed by atoms with Gasteiger partial charge >= 0.3 is 0 Å². The Morgan fingerprint density at radius 1 is 1.33 bits per heavy atom. The molecule has 0 aromatic carbocycles. The standard InChI is InChI=1S/C7H6N2O.C2H6/c1-5-6-4-8-3-2-7(6)9-10-5;1-2/h2-4H,1H3;1-2H3. The molecule has 0 N–H and O–H groups in total. The Kier molecular flexibility index (Phi) is 2.80. The van der Waals surface area contributed by atoms with Crippen LogP contribution in [0, 0.1) is 6.92 Å². The van der Waals surface area contributed by atoms with Gasteiger partial charge in [-0.1, -0.05) is 19.0 Å². The summed E-state index contributed by atoms with van der Waals surface area (Å²) < 4.78 is 4.92. The minimum Gasteiger partial charge on any atom is -0.360 e. The smallest absolute Gasteiger partial charge is 0.143 e. The van der Waals surface area contributed by atoms with E-state index in [-0.39, 0.29) is 0 Å². The highest BCUT2D eigenvalue weighted by Crippen LogP contribution is 2.13. The van der Waals surface area contributed by atoms with Crippen molar-refractivity contribution in [2.24, 2.45) is 0 Å². The second kappa shape index (κ2) is 3.85. The van der Waals surface area contributed by atoms with E-state index in [1.807, 2.05) is 26.8 Å². The minimum absolute atomic E-state index is 0.822. The quantitative estimate of drug-likeness (QED) is 0.600. The number of aromatic nitrogens is 2. The Hall–Kier alpha value is -1.38. The predicted octanol–water partition coefficient (Wildman–Crippen LogP) is 2.56. The molecule has 0 saturated heterocycles. The summed E-state index contributed by atoms with van der Waals surface area (Å²) >= 11 is 0. The van der Waals surface area contributed by atoms with Crippen LogP contribution in [-0.2, 0) is 0 Å². The molecule has 0 saturated carbocycles. The Bertz CT molecular complexity index is 354. The van der Waals surface area contributed by atoms with E-state index in [1.54, 1.807) is 12.4 Å². The fourth-order valence-corrected chi connectivity index (χ4v) is 0.905. The fourth-order valence-electron chi connectivity index (χ4n) is 0.905. The van der Waals surface area contributed by atoms with Crippen molar-refractivity contribution in [3.8, 4) is 0 Å². The molecule has 3 heteroatoms. The van der Waals surface area contributed by atoms with E-state index in [0.29, 0.717) is 0 Å². The van der Waals surface area contributed by atoms with Crippen LogP contribution in [-0.4, -0.2) is 10.1 Å². The molecule has 64 valence electrons. The van der Waals surface area contributed by atoms with Gasteiger partial charge in [-0.2, -0.15) is 0 Å². The number of hydrogen-bond acceptors (Lipinski definition) is 3. The van der Waals surface area contributed by atoms with Crippen molar-refractivity contribution in [2.75, 3.05) is 0 Å². The molecule has 0 spiro atoms. The Balaban J connectivity index is 0.000000336. The van der Waals surface area contributed by atoms with Crippen LogP contribution >= 0.6 is 0 Å². The fraction of sp³-hybridized carbons (Fsp3) is 0.333. The first-order chi connectivity index (χ1) is 5.88. The zero-order valence-corrected chi connectivity index (χ0v) is 7.53. The lowest BCUT2D eigenvalue weighted by atomic mass is 10.3. The molecule has 0 aliphatic carbocycles. The second-order valence-corrected chi connectivity index (χ2v) is 2.13. The van der Waals surface area contributed by atoms with Gasteiger partial charge in [0.25, 0.3) is 0 Å². The molecule has 12 heavy (non-hydrogen) atoms. The van der Waals surface area contributed by atoms with Gasteiger partial charge in [-0.05, 0) is 13.0 Å². The molecule has 3 nitrogen and oxygen atoms in total. The van der Waals surface area contributed by atoms with Gasteiger partial charge in [-0.25, -0.2) is 0 Å². The molecule has 0 amide bonds. The molecular weight excluding hydrogens is 152 g/mol. The summed E-state index contributed by atoms with van der Waals surface area (Å²) in [6.45, 7) is 5.87. The normalized spacial score (nSPS) is 9.25. The number of rotatable bonds is 0. The lowest BCUT2D eigenvalue weighted by Crippen LogP contribution is -1.70. The van der Waals surface area contributed by atoms with Crippen LogP contribution in [0.15, 0.2) is 23.0 Å². The van der Waals surface area contributed by atoms with Gasteiger partial charge in [0.1, 0.15) is 11.3 Å². The van der Waals surface area contributed by atoms with Crippen LogP contribution in [0.25, 0.3) is 10.9 Å². The third-order valence-corrected chi connectivity index (χ3v) is 1.46. The second-order valence-electron chi connectivity index (χ2n) is 2.13. The Morgan fingerprint density at radius 3 is 2.75 bits per heavy atom. The van der Waals surface area contributed by atoms with E-state index in [9.17, 15) is 0 Å². The highest BCUT2D eigenvalue weighted by atomic mass is 16.5. The van der Waals surface area contributed by atoms with Crippen LogP contribution in [0.2, 0.25) is 0 Å². The molecule has 0 aliphatic heterocycles.